The first-order valence-electron chi connectivity index (χ1n) is 7.60. The number of aryl methyl sites for hydroxylation is 1. The average molecular weight is 274 g/mol. The first-order valence-corrected chi connectivity index (χ1v) is 7.60. The van der Waals surface area contributed by atoms with Gasteiger partial charge < -0.3 is 10.6 Å². The van der Waals surface area contributed by atoms with E-state index < -0.39 is 0 Å². The lowest BCUT2D eigenvalue weighted by Crippen LogP contribution is -2.49. The number of piperidine rings is 1. The van der Waals surface area contributed by atoms with Gasteiger partial charge in [0.25, 0.3) is 0 Å². The van der Waals surface area contributed by atoms with Crippen LogP contribution in [0.3, 0.4) is 0 Å². The van der Waals surface area contributed by atoms with Gasteiger partial charge in [-0.25, -0.2) is 0 Å². The van der Waals surface area contributed by atoms with E-state index in [1.807, 2.05) is 4.90 Å². The summed E-state index contributed by atoms with van der Waals surface area (Å²) in [4.78, 5) is 14.3. The lowest BCUT2D eigenvalue weighted by atomic mass is 9.89. The van der Waals surface area contributed by atoms with Crippen LogP contribution in [0.25, 0.3) is 0 Å². The molecule has 2 N–H and O–H groups in total. The van der Waals surface area contributed by atoms with Gasteiger partial charge in [0.05, 0.1) is 6.04 Å². The number of likely N-dealkylation sites (tertiary alicyclic amines) is 1. The molecule has 3 heteroatoms. The molecule has 1 aromatic carbocycles. The van der Waals surface area contributed by atoms with Crippen LogP contribution in [0, 0.1) is 12.8 Å². The molecule has 0 radical (unpaired) electrons. The van der Waals surface area contributed by atoms with Gasteiger partial charge in [0, 0.05) is 19.0 Å². The van der Waals surface area contributed by atoms with Crippen molar-refractivity contribution in [2.75, 3.05) is 6.54 Å². The summed E-state index contributed by atoms with van der Waals surface area (Å²) in [6.45, 7) is 7.26. The maximum absolute atomic E-state index is 12.3. The number of rotatable bonds is 4. The van der Waals surface area contributed by atoms with Crippen LogP contribution in [0.15, 0.2) is 24.3 Å². The minimum absolute atomic E-state index is 0.0376. The quantitative estimate of drug-likeness (QED) is 0.917. The zero-order chi connectivity index (χ0) is 14.7. The van der Waals surface area contributed by atoms with Crippen molar-refractivity contribution < 1.29 is 4.79 Å². The van der Waals surface area contributed by atoms with Crippen LogP contribution in [-0.2, 0) is 4.79 Å². The summed E-state index contributed by atoms with van der Waals surface area (Å²) in [5.74, 6) is 0.845. The maximum atomic E-state index is 12.3. The molecule has 2 rings (SSSR count). The van der Waals surface area contributed by atoms with E-state index in [-0.39, 0.29) is 18.0 Å². The second-order valence-electron chi connectivity index (χ2n) is 6.33. The van der Waals surface area contributed by atoms with Crippen LogP contribution >= 0.6 is 0 Å². The summed E-state index contributed by atoms with van der Waals surface area (Å²) >= 11 is 0. The highest BCUT2D eigenvalue weighted by atomic mass is 16.2. The molecule has 1 aliphatic rings. The number of carbonyl (C=O) groups is 1. The van der Waals surface area contributed by atoms with Gasteiger partial charge >= 0.3 is 0 Å². The Bertz CT molecular complexity index is 453. The highest BCUT2D eigenvalue weighted by molar-refractivity contribution is 5.78. The third-order valence-corrected chi connectivity index (χ3v) is 4.12. The first-order chi connectivity index (χ1) is 9.49. The molecule has 0 bridgehead atoms. The molecular weight excluding hydrogens is 248 g/mol. The summed E-state index contributed by atoms with van der Waals surface area (Å²) < 4.78 is 0. The summed E-state index contributed by atoms with van der Waals surface area (Å²) in [7, 11) is 0. The number of hydrogen-bond donors (Lipinski definition) is 1. The van der Waals surface area contributed by atoms with E-state index in [2.05, 4.69) is 45.0 Å². The molecule has 110 valence electrons. The van der Waals surface area contributed by atoms with E-state index in [0.29, 0.717) is 12.3 Å². The molecule has 0 aromatic heterocycles. The van der Waals surface area contributed by atoms with Gasteiger partial charge in [0.15, 0.2) is 0 Å². The van der Waals surface area contributed by atoms with Crippen molar-refractivity contribution in [2.45, 2.75) is 52.1 Å². The van der Waals surface area contributed by atoms with Crippen molar-refractivity contribution in [1.82, 2.24) is 4.90 Å². The Labute approximate surface area is 122 Å². The molecule has 1 amide bonds. The fourth-order valence-corrected chi connectivity index (χ4v) is 2.83. The van der Waals surface area contributed by atoms with E-state index in [9.17, 15) is 4.79 Å². The Hall–Kier alpha value is -1.35. The summed E-state index contributed by atoms with van der Waals surface area (Å²) in [6, 6.07) is 8.50. The van der Waals surface area contributed by atoms with Crippen molar-refractivity contribution >= 4 is 5.91 Å². The monoisotopic (exact) mass is 274 g/mol. The molecular formula is C17H26N2O. The number of carbonyl (C=O) groups excluding carboxylic acids is 1. The molecule has 3 nitrogen and oxygen atoms in total. The van der Waals surface area contributed by atoms with Gasteiger partial charge in [-0.1, -0.05) is 43.7 Å². The largest absolute Gasteiger partial charge is 0.334 e. The average Bonchev–Trinajstić information content (AvgIpc) is 2.41. The van der Waals surface area contributed by atoms with Gasteiger partial charge in [-0.3, -0.25) is 4.79 Å². The maximum Gasteiger partial charge on any atom is 0.223 e. The normalized spacial score (nSPS) is 23.4. The molecule has 2 atom stereocenters. The van der Waals surface area contributed by atoms with E-state index in [0.717, 1.165) is 19.4 Å². The molecule has 2 unspecified atom stereocenters. The molecule has 1 aromatic rings. The van der Waals surface area contributed by atoms with E-state index in [1.165, 1.54) is 11.1 Å². The van der Waals surface area contributed by atoms with Gasteiger partial charge in [-0.15, -0.1) is 0 Å². The van der Waals surface area contributed by atoms with Crippen LogP contribution in [-0.4, -0.2) is 23.4 Å². The molecule has 1 heterocycles. The summed E-state index contributed by atoms with van der Waals surface area (Å²) in [6.07, 6.45) is 2.40. The number of benzene rings is 1. The molecule has 1 aliphatic heterocycles. The third-order valence-electron chi connectivity index (χ3n) is 4.12. The number of nitrogens with two attached hydrogens (primary N) is 1. The Morgan fingerprint density at radius 2 is 1.95 bits per heavy atom. The third kappa shape index (κ3) is 3.40. The fourth-order valence-electron chi connectivity index (χ4n) is 2.83. The van der Waals surface area contributed by atoms with Gasteiger partial charge in [-0.05, 0) is 31.2 Å². The predicted octanol–water partition coefficient (Wildman–Crippen LogP) is 3.03. The van der Waals surface area contributed by atoms with Gasteiger partial charge in [0.1, 0.15) is 0 Å². The van der Waals surface area contributed by atoms with Crippen molar-refractivity contribution in [2.24, 2.45) is 11.7 Å². The molecule has 1 fully saturated rings. The minimum Gasteiger partial charge on any atom is -0.334 e. The Morgan fingerprint density at radius 3 is 2.55 bits per heavy atom. The zero-order valence-electron chi connectivity index (χ0n) is 12.8. The Morgan fingerprint density at radius 1 is 1.30 bits per heavy atom. The highest BCUT2D eigenvalue weighted by Gasteiger charge is 2.34. The molecule has 0 aliphatic carbocycles. The van der Waals surface area contributed by atoms with Gasteiger partial charge in [-0.2, -0.15) is 0 Å². The zero-order valence-corrected chi connectivity index (χ0v) is 12.8. The number of hydrogen-bond acceptors (Lipinski definition) is 2. The van der Waals surface area contributed by atoms with Crippen molar-refractivity contribution in [1.29, 1.82) is 0 Å². The van der Waals surface area contributed by atoms with E-state index in [1.54, 1.807) is 0 Å². The molecule has 0 saturated carbocycles. The van der Waals surface area contributed by atoms with E-state index >= 15 is 0 Å². The summed E-state index contributed by atoms with van der Waals surface area (Å²) in [5, 5.41) is 0. The van der Waals surface area contributed by atoms with Crippen LogP contribution in [0.4, 0.5) is 0 Å². The molecule has 1 saturated heterocycles. The fraction of sp³-hybridized carbons (Fsp3) is 0.588. The van der Waals surface area contributed by atoms with Gasteiger partial charge in [0.2, 0.25) is 5.91 Å². The Kier molecular flexibility index (Phi) is 4.81. The number of amides is 1. The second kappa shape index (κ2) is 6.40. The lowest BCUT2D eigenvalue weighted by Gasteiger charge is -2.40. The van der Waals surface area contributed by atoms with Crippen LogP contribution in [0.2, 0.25) is 0 Å². The standard InChI is InChI=1S/C17H26N2O/c1-12(2)10-11-19-16(20)9-8-15(18)17(19)14-6-4-13(3)5-7-14/h4-7,12,15,17H,8-11,18H2,1-3H3. The Balaban J connectivity index is 2.23. The van der Waals surface area contributed by atoms with Crippen molar-refractivity contribution in [3.05, 3.63) is 35.4 Å². The highest BCUT2D eigenvalue weighted by Crippen LogP contribution is 2.31. The van der Waals surface area contributed by atoms with Crippen molar-refractivity contribution in [3.8, 4) is 0 Å². The minimum atomic E-state index is 0.0376. The summed E-state index contributed by atoms with van der Waals surface area (Å²) in [5.41, 5.74) is 8.72. The smallest absolute Gasteiger partial charge is 0.223 e. The number of nitrogens with zero attached hydrogens (tertiary/aromatic N) is 1. The van der Waals surface area contributed by atoms with Crippen LogP contribution in [0.5, 0.6) is 0 Å². The second-order valence-corrected chi connectivity index (χ2v) is 6.33. The van der Waals surface area contributed by atoms with E-state index in [4.69, 9.17) is 5.73 Å². The topological polar surface area (TPSA) is 46.3 Å². The predicted molar refractivity (Wildman–Crippen MR) is 82.3 cm³/mol. The lowest BCUT2D eigenvalue weighted by molar-refractivity contribution is -0.137. The first kappa shape index (κ1) is 15.0. The SMILES string of the molecule is Cc1ccc(C2C(N)CCC(=O)N2CCC(C)C)cc1. The van der Waals surface area contributed by atoms with Crippen molar-refractivity contribution in [3.63, 3.8) is 0 Å². The van der Waals surface area contributed by atoms with Crippen LogP contribution in [0.1, 0.15) is 50.3 Å². The molecule has 0 spiro atoms. The van der Waals surface area contributed by atoms with Crippen LogP contribution < -0.4 is 5.73 Å². The molecule has 20 heavy (non-hydrogen) atoms.